The van der Waals surface area contributed by atoms with Gasteiger partial charge < -0.3 is 19.9 Å². The van der Waals surface area contributed by atoms with Gasteiger partial charge in [-0.3, -0.25) is 0 Å². The molecule has 2 aliphatic rings. The first-order valence-corrected chi connectivity index (χ1v) is 11.4. The summed E-state index contributed by atoms with van der Waals surface area (Å²) in [6.45, 7) is 11.0. The monoisotopic (exact) mass is 448 g/mol. The lowest BCUT2D eigenvalue weighted by atomic mass is 9.97. The van der Waals surface area contributed by atoms with E-state index in [9.17, 15) is 4.39 Å². The van der Waals surface area contributed by atoms with E-state index in [1.54, 1.807) is 6.07 Å². The van der Waals surface area contributed by atoms with Crippen LogP contribution in [0.3, 0.4) is 0 Å². The number of likely N-dealkylation sites (N-methyl/N-ethyl adjacent to an activating group) is 1. The molecule has 0 aliphatic carbocycles. The smallest absolute Gasteiger partial charge is 0.157 e. The number of hydrogen-bond acceptors (Lipinski definition) is 6. The first-order valence-electron chi connectivity index (χ1n) is 11.4. The maximum absolute atomic E-state index is 14.3. The average Bonchev–Trinajstić information content (AvgIpc) is 3.26. The highest BCUT2D eigenvalue weighted by molar-refractivity contribution is 5.68. The van der Waals surface area contributed by atoms with E-state index in [1.165, 1.54) is 12.1 Å². The molecule has 7 nitrogen and oxygen atoms in total. The van der Waals surface area contributed by atoms with Crippen LogP contribution < -0.4 is 15.0 Å². The van der Waals surface area contributed by atoms with Gasteiger partial charge >= 0.3 is 0 Å². The number of rotatable bonds is 0. The van der Waals surface area contributed by atoms with Crippen molar-refractivity contribution in [2.24, 2.45) is 0 Å². The Morgan fingerprint density at radius 3 is 2.91 bits per heavy atom. The van der Waals surface area contributed by atoms with Gasteiger partial charge in [-0.05, 0) is 43.5 Å². The van der Waals surface area contributed by atoms with E-state index in [4.69, 9.17) is 9.84 Å². The zero-order chi connectivity index (χ0) is 22.9. The SMILES string of the molecule is C=C1COc2ccc(F)cc2C(=C)N2CCCCC2c2cc3nccc(n3n2)N(C)CCN1. The minimum atomic E-state index is -0.317. The summed E-state index contributed by atoms with van der Waals surface area (Å²) in [7, 11) is 2.04. The molecule has 2 aromatic heterocycles. The quantitative estimate of drug-likeness (QED) is 0.561. The summed E-state index contributed by atoms with van der Waals surface area (Å²) < 4.78 is 22.2. The normalized spacial score (nSPS) is 19.8. The minimum Gasteiger partial charge on any atom is -0.487 e. The van der Waals surface area contributed by atoms with Crippen LogP contribution in [0.4, 0.5) is 10.2 Å². The largest absolute Gasteiger partial charge is 0.487 e. The van der Waals surface area contributed by atoms with Crippen molar-refractivity contribution in [2.45, 2.75) is 25.3 Å². The highest BCUT2D eigenvalue weighted by atomic mass is 19.1. The van der Waals surface area contributed by atoms with Crippen LogP contribution in [0.2, 0.25) is 0 Å². The van der Waals surface area contributed by atoms with Gasteiger partial charge in [0.25, 0.3) is 0 Å². The maximum Gasteiger partial charge on any atom is 0.157 e. The molecule has 33 heavy (non-hydrogen) atoms. The summed E-state index contributed by atoms with van der Waals surface area (Å²) in [6.07, 6.45) is 4.90. The van der Waals surface area contributed by atoms with E-state index in [0.717, 1.165) is 60.9 Å². The standard InChI is InChI=1S/C25H29FN6O/c1-17-16-33-23-8-7-19(26)14-20(23)18(2)31-12-5-4-6-22(31)21-15-24-28-10-9-25(32(24)29-21)30(3)13-11-27-17/h7-10,14-15,22,27H,1-2,4-6,11-13,16H2,3H3. The number of hydrogen-bond donors (Lipinski definition) is 1. The average molecular weight is 449 g/mol. The van der Waals surface area contributed by atoms with Crippen LogP contribution in [0.1, 0.15) is 36.6 Å². The van der Waals surface area contributed by atoms with Gasteiger partial charge in [0, 0.05) is 55.9 Å². The molecule has 2 bridgehead atoms. The summed E-state index contributed by atoms with van der Waals surface area (Å²) in [6, 6.07) is 8.64. The number of benzene rings is 1. The van der Waals surface area contributed by atoms with Crippen molar-refractivity contribution in [3.8, 4) is 5.75 Å². The molecule has 3 aromatic rings. The lowest BCUT2D eigenvalue weighted by Crippen LogP contribution is -2.33. The summed E-state index contributed by atoms with van der Waals surface area (Å²) in [4.78, 5) is 8.92. The molecule has 1 fully saturated rings. The van der Waals surface area contributed by atoms with Crippen molar-refractivity contribution in [3.05, 3.63) is 72.5 Å². The number of aromatic nitrogens is 3. The van der Waals surface area contributed by atoms with Crippen LogP contribution >= 0.6 is 0 Å². The topological polar surface area (TPSA) is 57.9 Å². The first-order chi connectivity index (χ1) is 16.0. The Morgan fingerprint density at radius 1 is 1.15 bits per heavy atom. The van der Waals surface area contributed by atoms with Crippen molar-refractivity contribution >= 4 is 17.2 Å². The van der Waals surface area contributed by atoms with Crippen molar-refractivity contribution in [2.75, 3.05) is 38.2 Å². The highest BCUT2D eigenvalue weighted by Crippen LogP contribution is 2.39. The van der Waals surface area contributed by atoms with E-state index in [1.807, 2.05) is 23.8 Å². The number of nitrogens with one attached hydrogen (secondary N) is 1. The fourth-order valence-corrected chi connectivity index (χ4v) is 4.65. The van der Waals surface area contributed by atoms with Crippen LogP contribution in [0.15, 0.2) is 55.4 Å². The van der Waals surface area contributed by atoms with E-state index < -0.39 is 0 Å². The Labute approximate surface area is 193 Å². The van der Waals surface area contributed by atoms with Crippen LogP contribution in [0.25, 0.3) is 11.3 Å². The van der Waals surface area contributed by atoms with Gasteiger partial charge in [-0.2, -0.15) is 9.61 Å². The Balaban J connectivity index is 1.62. The predicted molar refractivity (Wildman–Crippen MR) is 128 cm³/mol. The first kappa shape index (κ1) is 21.3. The van der Waals surface area contributed by atoms with E-state index in [2.05, 4.69) is 39.3 Å². The van der Waals surface area contributed by atoms with Crippen LogP contribution in [0.5, 0.6) is 5.75 Å². The highest BCUT2D eigenvalue weighted by Gasteiger charge is 2.29. The van der Waals surface area contributed by atoms with Crippen molar-refractivity contribution in [1.29, 1.82) is 0 Å². The molecule has 0 radical (unpaired) electrons. The Kier molecular flexibility index (Phi) is 5.66. The molecule has 172 valence electrons. The zero-order valence-electron chi connectivity index (χ0n) is 18.9. The molecule has 2 aliphatic heterocycles. The van der Waals surface area contributed by atoms with Gasteiger partial charge in [0.15, 0.2) is 5.65 Å². The lowest BCUT2D eigenvalue weighted by molar-refractivity contribution is 0.225. The van der Waals surface area contributed by atoms with Crippen LogP contribution in [0, 0.1) is 5.82 Å². The van der Waals surface area contributed by atoms with E-state index in [0.29, 0.717) is 24.5 Å². The van der Waals surface area contributed by atoms with Gasteiger partial charge in [-0.25, -0.2) is 9.37 Å². The third-order valence-electron chi connectivity index (χ3n) is 6.42. The number of anilines is 1. The molecule has 5 rings (SSSR count). The van der Waals surface area contributed by atoms with Crippen LogP contribution in [-0.4, -0.2) is 52.8 Å². The molecule has 0 spiro atoms. The Hall–Kier alpha value is -3.55. The number of ether oxygens (including phenoxy) is 1. The molecule has 1 aromatic carbocycles. The lowest BCUT2D eigenvalue weighted by Gasteiger charge is -2.38. The number of halogens is 1. The van der Waals surface area contributed by atoms with Crippen LogP contribution in [-0.2, 0) is 0 Å². The zero-order valence-corrected chi connectivity index (χ0v) is 18.9. The van der Waals surface area contributed by atoms with E-state index in [-0.39, 0.29) is 11.9 Å². The molecule has 0 amide bonds. The third kappa shape index (κ3) is 4.13. The molecule has 8 heteroatoms. The third-order valence-corrected chi connectivity index (χ3v) is 6.42. The molecular weight excluding hydrogens is 419 g/mol. The number of fused-ring (bicyclic) bond motifs is 4. The van der Waals surface area contributed by atoms with Gasteiger partial charge in [0.05, 0.1) is 11.7 Å². The van der Waals surface area contributed by atoms with Gasteiger partial charge in [0.1, 0.15) is 24.0 Å². The molecular formula is C25H29FN6O. The second kappa shape index (κ2) is 8.77. The summed E-state index contributed by atoms with van der Waals surface area (Å²) in [5, 5.41) is 8.28. The van der Waals surface area contributed by atoms with Crippen molar-refractivity contribution in [1.82, 2.24) is 24.8 Å². The fraction of sp³-hybridized carbons (Fsp3) is 0.360. The van der Waals surface area contributed by atoms with Crippen molar-refractivity contribution in [3.63, 3.8) is 0 Å². The minimum absolute atomic E-state index is 0.0340. The summed E-state index contributed by atoms with van der Waals surface area (Å²) in [5.41, 5.74) is 3.91. The molecule has 1 N–H and O–H groups in total. The van der Waals surface area contributed by atoms with E-state index >= 15 is 0 Å². The molecule has 0 saturated carbocycles. The number of piperidine rings is 1. The summed E-state index contributed by atoms with van der Waals surface area (Å²) >= 11 is 0. The fourth-order valence-electron chi connectivity index (χ4n) is 4.65. The molecule has 4 heterocycles. The number of nitrogens with zero attached hydrogens (tertiary/aromatic N) is 5. The Bertz CT molecular complexity index is 1200. The maximum atomic E-state index is 14.3. The second-order valence-electron chi connectivity index (χ2n) is 8.67. The van der Waals surface area contributed by atoms with Gasteiger partial charge in [-0.1, -0.05) is 13.2 Å². The Morgan fingerprint density at radius 2 is 2.03 bits per heavy atom. The van der Waals surface area contributed by atoms with Gasteiger partial charge in [-0.15, -0.1) is 0 Å². The summed E-state index contributed by atoms with van der Waals surface area (Å²) in [5.74, 6) is 1.25. The molecule has 1 atom stereocenters. The van der Waals surface area contributed by atoms with Crippen molar-refractivity contribution < 1.29 is 9.13 Å². The molecule has 1 unspecified atom stereocenters. The molecule has 1 saturated heterocycles. The van der Waals surface area contributed by atoms with Gasteiger partial charge in [0.2, 0.25) is 0 Å². The predicted octanol–water partition coefficient (Wildman–Crippen LogP) is 4.00. The second-order valence-corrected chi connectivity index (χ2v) is 8.67.